The fraction of sp³-hybridized carbons (Fsp3) is 0.375. The van der Waals surface area contributed by atoms with Gasteiger partial charge in [0, 0.05) is 36.9 Å². The Morgan fingerprint density at radius 3 is 2.40 bits per heavy atom. The van der Waals surface area contributed by atoms with Crippen LogP contribution in [0.5, 0.6) is 11.5 Å². The molecule has 0 bridgehead atoms. The first-order valence-electron chi connectivity index (χ1n) is 10.1. The van der Waals surface area contributed by atoms with Crippen LogP contribution < -0.4 is 9.47 Å². The maximum absolute atomic E-state index is 12.5. The minimum atomic E-state index is 0.0257. The maximum atomic E-state index is 12.5. The van der Waals surface area contributed by atoms with Crippen molar-refractivity contribution in [3.63, 3.8) is 0 Å². The number of hydrogen-bond acceptors (Lipinski definition) is 4. The minimum absolute atomic E-state index is 0.0257. The summed E-state index contributed by atoms with van der Waals surface area (Å²) in [7, 11) is 3.27. The fourth-order valence-corrected chi connectivity index (χ4v) is 3.69. The van der Waals surface area contributed by atoms with E-state index in [9.17, 15) is 4.79 Å². The summed E-state index contributed by atoms with van der Waals surface area (Å²) in [5.74, 6) is 1.99. The maximum Gasteiger partial charge on any atom is 0.246 e. The van der Waals surface area contributed by atoms with Gasteiger partial charge in [-0.1, -0.05) is 29.8 Å². The van der Waals surface area contributed by atoms with E-state index in [2.05, 4.69) is 0 Å². The number of methoxy groups -OCH3 is 2. The molecule has 1 saturated heterocycles. The molecule has 1 heterocycles. The lowest BCUT2D eigenvalue weighted by molar-refractivity contribution is -0.127. The zero-order valence-electron chi connectivity index (χ0n) is 17.5. The largest absolute Gasteiger partial charge is 0.497 e. The summed E-state index contributed by atoms with van der Waals surface area (Å²) in [6.45, 7) is 2.67. The second-order valence-corrected chi connectivity index (χ2v) is 7.77. The van der Waals surface area contributed by atoms with E-state index in [0.717, 1.165) is 48.6 Å². The lowest BCUT2D eigenvalue weighted by Crippen LogP contribution is -2.38. The summed E-state index contributed by atoms with van der Waals surface area (Å²) in [6, 6.07) is 13.2. The van der Waals surface area contributed by atoms with Gasteiger partial charge < -0.3 is 19.1 Å². The van der Waals surface area contributed by atoms with Crippen molar-refractivity contribution in [2.24, 2.45) is 5.92 Å². The Hall–Kier alpha value is -2.50. The van der Waals surface area contributed by atoms with Gasteiger partial charge in [0.15, 0.2) is 0 Å². The molecule has 1 fully saturated rings. The van der Waals surface area contributed by atoms with Gasteiger partial charge in [0.2, 0.25) is 5.91 Å². The third-order valence-corrected chi connectivity index (χ3v) is 5.61. The number of benzene rings is 2. The number of nitrogens with zero attached hydrogens (tertiary/aromatic N) is 1. The Morgan fingerprint density at radius 1 is 1.10 bits per heavy atom. The summed E-state index contributed by atoms with van der Waals surface area (Å²) in [6.07, 6.45) is 5.26. The Balaban J connectivity index is 1.42. The first kappa shape index (κ1) is 22.2. The van der Waals surface area contributed by atoms with E-state index in [-0.39, 0.29) is 5.91 Å². The molecule has 30 heavy (non-hydrogen) atoms. The van der Waals surface area contributed by atoms with E-state index < -0.39 is 0 Å². The monoisotopic (exact) mass is 429 g/mol. The molecule has 3 rings (SSSR count). The van der Waals surface area contributed by atoms with Crippen molar-refractivity contribution in [3.8, 4) is 11.5 Å². The topological polar surface area (TPSA) is 48.0 Å². The standard InChI is InChI=1S/C24H28ClNO4/c1-28-21-13-19(14-22(15-21)29-2)17-30-16-18-9-11-26(12-10-18)24(27)8-7-20-5-3-4-6-23(20)25/h3-8,13-15,18H,9-12,16-17H2,1-2H3/b8-7+. The average molecular weight is 430 g/mol. The van der Waals surface area contributed by atoms with Gasteiger partial charge in [0.1, 0.15) is 11.5 Å². The summed E-state index contributed by atoms with van der Waals surface area (Å²) in [5, 5.41) is 0.645. The molecule has 2 aromatic carbocycles. The Bertz CT molecular complexity index is 853. The van der Waals surface area contributed by atoms with E-state index in [4.69, 9.17) is 25.8 Å². The van der Waals surface area contributed by atoms with Crippen molar-refractivity contribution in [3.05, 3.63) is 64.7 Å². The van der Waals surface area contributed by atoms with E-state index >= 15 is 0 Å². The lowest BCUT2D eigenvalue weighted by atomic mass is 9.97. The molecule has 0 aliphatic carbocycles. The Morgan fingerprint density at radius 2 is 1.77 bits per heavy atom. The molecule has 0 saturated carbocycles. The van der Waals surface area contributed by atoms with Crippen LogP contribution in [0.15, 0.2) is 48.5 Å². The molecule has 1 aliphatic rings. The molecule has 5 nitrogen and oxygen atoms in total. The van der Waals surface area contributed by atoms with E-state index in [1.807, 2.05) is 47.4 Å². The molecular formula is C24H28ClNO4. The molecule has 0 unspecified atom stereocenters. The predicted molar refractivity (Wildman–Crippen MR) is 119 cm³/mol. The second kappa shape index (κ2) is 11.0. The minimum Gasteiger partial charge on any atom is -0.497 e. The zero-order chi connectivity index (χ0) is 21.3. The van der Waals surface area contributed by atoms with Gasteiger partial charge in [-0.05, 0) is 54.2 Å². The van der Waals surface area contributed by atoms with Crippen molar-refractivity contribution in [2.75, 3.05) is 33.9 Å². The van der Waals surface area contributed by atoms with Gasteiger partial charge in [-0.2, -0.15) is 0 Å². The number of hydrogen-bond donors (Lipinski definition) is 0. The number of ether oxygens (including phenoxy) is 3. The third kappa shape index (κ3) is 6.25. The van der Waals surface area contributed by atoms with Crippen LogP contribution in [-0.2, 0) is 16.1 Å². The first-order valence-corrected chi connectivity index (χ1v) is 10.5. The SMILES string of the molecule is COc1cc(COCC2CCN(C(=O)/C=C/c3ccccc3Cl)CC2)cc(OC)c1. The molecule has 1 amide bonds. The van der Waals surface area contributed by atoms with E-state index in [1.165, 1.54) is 0 Å². The molecule has 160 valence electrons. The van der Waals surface area contributed by atoms with Crippen LogP contribution in [0.2, 0.25) is 5.02 Å². The molecular weight excluding hydrogens is 402 g/mol. The van der Waals surface area contributed by atoms with Crippen molar-refractivity contribution in [1.82, 2.24) is 4.90 Å². The quantitative estimate of drug-likeness (QED) is 0.564. The van der Waals surface area contributed by atoms with E-state index in [1.54, 1.807) is 26.4 Å². The number of rotatable bonds is 8. The predicted octanol–water partition coefficient (Wildman–Crippen LogP) is 4.83. The molecule has 0 spiro atoms. The number of amides is 1. The highest BCUT2D eigenvalue weighted by atomic mass is 35.5. The van der Waals surface area contributed by atoms with Gasteiger partial charge in [-0.3, -0.25) is 4.79 Å². The average Bonchev–Trinajstić information content (AvgIpc) is 2.78. The lowest BCUT2D eigenvalue weighted by Gasteiger charge is -2.31. The van der Waals surface area contributed by atoms with Crippen LogP contribution in [0, 0.1) is 5.92 Å². The highest BCUT2D eigenvalue weighted by molar-refractivity contribution is 6.32. The third-order valence-electron chi connectivity index (χ3n) is 5.27. The van der Waals surface area contributed by atoms with Crippen LogP contribution in [0.3, 0.4) is 0 Å². The first-order chi connectivity index (χ1) is 14.6. The number of likely N-dealkylation sites (tertiary alicyclic amines) is 1. The van der Waals surface area contributed by atoms with Gasteiger partial charge in [-0.15, -0.1) is 0 Å². The number of halogens is 1. The van der Waals surface area contributed by atoms with Crippen molar-refractivity contribution in [1.29, 1.82) is 0 Å². The summed E-state index contributed by atoms with van der Waals surface area (Å²) >= 11 is 6.14. The molecule has 0 radical (unpaired) electrons. The second-order valence-electron chi connectivity index (χ2n) is 7.36. The highest BCUT2D eigenvalue weighted by Gasteiger charge is 2.21. The van der Waals surface area contributed by atoms with Crippen molar-refractivity contribution < 1.29 is 19.0 Å². The summed E-state index contributed by atoms with van der Waals surface area (Å²) < 4.78 is 16.5. The molecule has 0 atom stereocenters. The zero-order valence-corrected chi connectivity index (χ0v) is 18.2. The highest BCUT2D eigenvalue weighted by Crippen LogP contribution is 2.24. The van der Waals surface area contributed by atoms with Crippen molar-refractivity contribution >= 4 is 23.6 Å². The molecule has 6 heteroatoms. The number of carbonyl (C=O) groups excluding carboxylic acids is 1. The van der Waals surface area contributed by atoms with Crippen LogP contribution in [0.4, 0.5) is 0 Å². The fourth-order valence-electron chi connectivity index (χ4n) is 3.49. The molecule has 0 aromatic heterocycles. The van der Waals surface area contributed by atoms with Crippen LogP contribution in [0.1, 0.15) is 24.0 Å². The number of piperidine rings is 1. The Labute approximate surface area is 183 Å². The van der Waals surface area contributed by atoms with E-state index in [0.29, 0.717) is 24.2 Å². The van der Waals surface area contributed by atoms with Gasteiger partial charge in [0.05, 0.1) is 20.8 Å². The van der Waals surface area contributed by atoms with Crippen molar-refractivity contribution in [2.45, 2.75) is 19.4 Å². The summed E-state index contributed by atoms with van der Waals surface area (Å²) in [5.41, 5.74) is 1.87. The number of carbonyl (C=O) groups is 1. The van der Waals surface area contributed by atoms with Gasteiger partial charge in [0.25, 0.3) is 0 Å². The van der Waals surface area contributed by atoms with Gasteiger partial charge in [-0.25, -0.2) is 0 Å². The normalized spacial score (nSPS) is 14.8. The molecule has 2 aromatic rings. The molecule has 1 aliphatic heterocycles. The Kier molecular flexibility index (Phi) is 8.17. The van der Waals surface area contributed by atoms with Crippen LogP contribution in [0.25, 0.3) is 6.08 Å². The summed E-state index contributed by atoms with van der Waals surface area (Å²) in [4.78, 5) is 14.3. The van der Waals surface area contributed by atoms with Crippen LogP contribution >= 0.6 is 11.6 Å². The smallest absolute Gasteiger partial charge is 0.246 e. The van der Waals surface area contributed by atoms with Gasteiger partial charge >= 0.3 is 0 Å². The van der Waals surface area contributed by atoms with Crippen LogP contribution in [-0.4, -0.2) is 44.7 Å². The molecule has 0 N–H and O–H groups in total.